The zero-order chi connectivity index (χ0) is 65.7. The quantitative estimate of drug-likeness (QED) is 0.0261. The first-order valence-corrected chi connectivity index (χ1v) is 41.0. The first-order valence-electron chi connectivity index (χ1n) is 41.0. The maximum atomic E-state index is 13.2. The Labute approximate surface area is 566 Å². The van der Waals surface area contributed by atoms with Crippen LogP contribution in [0.5, 0.6) is 0 Å². The maximum absolute atomic E-state index is 13.2. The molecule has 1 fully saturated rings. The van der Waals surface area contributed by atoms with Crippen LogP contribution in [0.2, 0.25) is 0 Å². The van der Waals surface area contributed by atoms with Gasteiger partial charge in [-0.1, -0.05) is 411 Å². The first kappa shape index (κ1) is 87.7. The summed E-state index contributed by atoms with van der Waals surface area (Å²) in [6.45, 7) is 3.90. The van der Waals surface area contributed by atoms with Crippen LogP contribution in [0.15, 0.2) is 24.3 Å². The Bertz CT molecular complexity index is 1490. The van der Waals surface area contributed by atoms with Crippen molar-refractivity contribution in [3.8, 4) is 0 Å². The average molecular weight is 1290 g/mol. The van der Waals surface area contributed by atoms with Gasteiger partial charge in [0, 0.05) is 6.42 Å². The lowest BCUT2D eigenvalue weighted by Crippen LogP contribution is -2.60. The summed E-state index contributed by atoms with van der Waals surface area (Å²) in [6.07, 6.45) is 88.7. The summed E-state index contributed by atoms with van der Waals surface area (Å²) in [5.74, 6) is -0.133. The van der Waals surface area contributed by atoms with E-state index in [9.17, 15) is 30.3 Å². The second-order valence-corrected chi connectivity index (χ2v) is 28.9. The normalized spacial score (nSPS) is 17.7. The van der Waals surface area contributed by atoms with Gasteiger partial charge >= 0.3 is 0 Å². The van der Waals surface area contributed by atoms with Gasteiger partial charge in [0.25, 0.3) is 0 Å². The van der Waals surface area contributed by atoms with E-state index in [-0.39, 0.29) is 12.5 Å². The topological polar surface area (TPSA) is 149 Å². The number of ether oxygens (including phenoxy) is 2. The third-order valence-corrected chi connectivity index (χ3v) is 20.1. The molecule has 540 valence electrons. The zero-order valence-electron chi connectivity index (χ0n) is 60.9. The van der Waals surface area contributed by atoms with Crippen molar-refractivity contribution in [2.45, 2.75) is 480 Å². The second-order valence-electron chi connectivity index (χ2n) is 28.9. The van der Waals surface area contributed by atoms with Gasteiger partial charge in [-0.3, -0.25) is 4.79 Å². The molecule has 1 rings (SSSR count). The number of rotatable bonds is 74. The minimum absolute atomic E-state index is 0.132. The number of unbranched alkanes of at least 4 members (excludes halogenated alkanes) is 60. The molecule has 1 saturated heterocycles. The molecule has 0 aliphatic carbocycles. The molecule has 1 aliphatic rings. The molecule has 91 heavy (non-hydrogen) atoms. The van der Waals surface area contributed by atoms with E-state index in [0.717, 1.165) is 44.9 Å². The highest BCUT2D eigenvalue weighted by molar-refractivity contribution is 5.76. The van der Waals surface area contributed by atoms with E-state index in [1.54, 1.807) is 0 Å². The van der Waals surface area contributed by atoms with Gasteiger partial charge in [0.1, 0.15) is 24.4 Å². The lowest BCUT2D eigenvalue weighted by molar-refractivity contribution is -0.302. The van der Waals surface area contributed by atoms with E-state index < -0.39 is 49.5 Å². The molecule has 1 amide bonds. The van der Waals surface area contributed by atoms with Gasteiger partial charge in [-0.25, -0.2) is 0 Å². The van der Waals surface area contributed by atoms with Crippen molar-refractivity contribution in [3.63, 3.8) is 0 Å². The van der Waals surface area contributed by atoms with Crippen molar-refractivity contribution >= 4 is 5.91 Å². The lowest BCUT2D eigenvalue weighted by atomic mass is 9.99. The van der Waals surface area contributed by atoms with Gasteiger partial charge in [0.2, 0.25) is 5.91 Å². The number of hydrogen-bond acceptors (Lipinski definition) is 8. The number of aliphatic hydroxyl groups excluding tert-OH is 5. The van der Waals surface area contributed by atoms with Gasteiger partial charge < -0.3 is 40.3 Å². The Hall–Kier alpha value is -1.33. The van der Waals surface area contributed by atoms with Gasteiger partial charge in [0.05, 0.1) is 25.4 Å². The molecule has 7 atom stereocenters. The van der Waals surface area contributed by atoms with Crippen molar-refractivity contribution in [2.24, 2.45) is 0 Å². The molecule has 9 heteroatoms. The fraction of sp³-hybridized carbons (Fsp3) is 0.939. The number of amides is 1. The van der Waals surface area contributed by atoms with Crippen LogP contribution in [-0.2, 0) is 14.3 Å². The fourth-order valence-electron chi connectivity index (χ4n) is 13.7. The van der Waals surface area contributed by atoms with Gasteiger partial charge in [0.15, 0.2) is 6.29 Å². The number of aliphatic hydroxyl groups is 5. The highest BCUT2D eigenvalue weighted by atomic mass is 16.7. The maximum Gasteiger partial charge on any atom is 0.220 e. The Morgan fingerprint density at radius 3 is 0.945 bits per heavy atom. The molecule has 1 heterocycles. The summed E-state index contributed by atoms with van der Waals surface area (Å²) in [6, 6.07) is -0.718. The molecule has 6 N–H and O–H groups in total. The van der Waals surface area contributed by atoms with Crippen LogP contribution in [0.25, 0.3) is 0 Å². The summed E-state index contributed by atoms with van der Waals surface area (Å²) < 4.78 is 11.4. The van der Waals surface area contributed by atoms with Crippen LogP contribution in [0, 0.1) is 0 Å². The number of carbonyl (C=O) groups excluding carboxylic acids is 1. The smallest absolute Gasteiger partial charge is 0.220 e. The van der Waals surface area contributed by atoms with E-state index in [1.807, 2.05) is 0 Å². The molecule has 0 aromatic rings. The SMILES string of the molecule is CCCCCCC/C=C\C/C=C\CCCCCCCCCCCCCCCCCCCCCCCCCCCCCC(=O)NC(COC1OC(CO)C(O)C(O)C1O)C(O)CCCCCCCCCCCCCCCCCCCCCCCCCCCCCCC. The van der Waals surface area contributed by atoms with E-state index in [4.69, 9.17) is 9.47 Å². The third kappa shape index (κ3) is 59.7. The molecule has 7 unspecified atom stereocenters. The van der Waals surface area contributed by atoms with Crippen LogP contribution in [0.3, 0.4) is 0 Å². The summed E-state index contributed by atoms with van der Waals surface area (Å²) in [7, 11) is 0. The van der Waals surface area contributed by atoms with Gasteiger partial charge in [-0.2, -0.15) is 0 Å². The van der Waals surface area contributed by atoms with Gasteiger partial charge in [-0.15, -0.1) is 0 Å². The average Bonchev–Trinajstić information content (AvgIpc) is 1.33. The molecule has 0 aromatic heterocycles. The second kappa shape index (κ2) is 71.4. The highest BCUT2D eigenvalue weighted by Crippen LogP contribution is 2.24. The minimum atomic E-state index is -1.55. The van der Waals surface area contributed by atoms with Crippen LogP contribution in [-0.4, -0.2) is 87.5 Å². The largest absolute Gasteiger partial charge is 0.394 e. The number of carbonyl (C=O) groups is 1. The Kier molecular flexibility index (Phi) is 68.8. The monoisotopic (exact) mass is 1290 g/mol. The predicted molar refractivity (Wildman–Crippen MR) is 392 cm³/mol. The van der Waals surface area contributed by atoms with E-state index in [2.05, 4.69) is 43.5 Å². The van der Waals surface area contributed by atoms with Crippen molar-refractivity contribution in [1.82, 2.24) is 5.32 Å². The number of nitrogens with one attached hydrogen (secondary N) is 1. The summed E-state index contributed by atoms with van der Waals surface area (Å²) in [5, 5.41) is 55.1. The standard InChI is InChI=1S/C82H159NO8/c1-3-5-7-9-11-13-15-17-19-21-23-25-27-29-31-33-34-35-36-37-38-39-40-41-42-44-46-48-50-52-54-56-58-60-62-64-66-68-70-72-78(86)83-75(74-90-82-81(89)80(88)79(87)77(73-84)91-82)76(85)71-69-67-65-63-61-59-57-55-53-51-49-47-45-43-32-30-28-26-24-22-20-18-16-14-12-10-8-6-4-2/h15,17,21,23,75-77,79-82,84-85,87-89H,3-14,16,18-20,22,24-74H2,1-2H3,(H,83,86)/b17-15-,23-21-. The van der Waals surface area contributed by atoms with Crippen molar-refractivity contribution in [3.05, 3.63) is 24.3 Å². The summed E-state index contributed by atoms with van der Waals surface area (Å²) in [4.78, 5) is 13.2. The first-order chi connectivity index (χ1) is 44.8. The van der Waals surface area contributed by atoms with Gasteiger partial charge in [-0.05, 0) is 44.9 Å². The number of allylic oxidation sites excluding steroid dienone is 4. The molecule has 0 bridgehead atoms. The van der Waals surface area contributed by atoms with Crippen molar-refractivity contribution < 1.29 is 39.8 Å². The molecular weight excluding hydrogens is 1130 g/mol. The molecule has 1 aliphatic heterocycles. The van der Waals surface area contributed by atoms with Crippen LogP contribution in [0.4, 0.5) is 0 Å². The van der Waals surface area contributed by atoms with E-state index in [1.165, 1.54) is 366 Å². The molecule has 9 nitrogen and oxygen atoms in total. The van der Waals surface area contributed by atoms with Crippen LogP contribution >= 0.6 is 0 Å². The van der Waals surface area contributed by atoms with Crippen LogP contribution in [0.1, 0.15) is 438 Å². The van der Waals surface area contributed by atoms with Crippen molar-refractivity contribution in [1.29, 1.82) is 0 Å². The fourth-order valence-corrected chi connectivity index (χ4v) is 13.7. The number of hydrogen-bond donors (Lipinski definition) is 6. The van der Waals surface area contributed by atoms with Crippen LogP contribution < -0.4 is 5.32 Å². The lowest BCUT2D eigenvalue weighted by Gasteiger charge is -2.40. The summed E-state index contributed by atoms with van der Waals surface area (Å²) >= 11 is 0. The summed E-state index contributed by atoms with van der Waals surface area (Å²) in [5.41, 5.74) is 0. The molecule has 0 spiro atoms. The molecule has 0 saturated carbocycles. The third-order valence-electron chi connectivity index (χ3n) is 20.1. The Balaban J connectivity index is 2.02. The predicted octanol–water partition coefficient (Wildman–Crippen LogP) is 23.5. The minimum Gasteiger partial charge on any atom is -0.394 e. The molecular formula is C82H159NO8. The zero-order valence-corrected chi connectivity index (χ0v) is 60.9. The molecule has 0 radical (unpaired) electrons. The van der Waals surface area contributed by atoms with E-state index in [0.29, 0.717) is 12.8 Å². The Morgan fingerprint density at radius 1 is 0.374 bits per heavy atom. The highest BCUT2D eigenvalue weighted by Gasteiger charge is 2.44. The van der Waals surface area contributed by atoms with E-state index >= 15 is 0 Å². The van der Waals surface area contributed by atoms with Crippen molar-refractivity contribution in [2.75, 3.05) is 13.2 Å². The molecule has 0 aromatic carbocycles. The Morgan fingerprint density at radius 2 is 0.648 bits per heavy atom.